The van der Waals surface area contributed by atoms with Crippen molar-refractivity contribution in [3.05, 3.63) is 24.3 Å². The zero-order valence-electron chi connectivity index (χ0n) is 9.02. The monoisotopic (exact) mass is 240 g/mol. The molecule has 1 fully saturated rings. The number of para-hydroxylation sites is 1. The SMILES string of the molecule is Nc1ccccc1S(=O)(=O)NC1CCCC1. The summed E-state index contributed by atoms with van der Waals surface area (Å²) in [4.78, 5) is 0.182. The molecule has 0 atom stereocenters. The van der Waals surface area contributed by atoms with Crippen LogP contribution in [0.2, 0.25) is 0 Å². The van der Waals surface area contributed by atoms with E-state index in [0.29, 0.717) is 5.69 Å². The van der Waals surface area contributed by atoms with Gasteiger partial charge in [0.25, 0.3) is 0 Å². The minimum absolute atomic E-state index is 0.0737. The second-order valence-corrected chi connectivity index (χ2v) is 5.82. The number of anilines is 1. The van der Waals surface area contributed by atoms with Crippen LogP contribution in [0, 0.1) is 0 Å². The molecule has 0 bridgehead atoms. The molecule has 2 rings (SSSR count). The number of sulfonamides is 1. The molecular weight excluding hydrogens is 224 g/mol. The minimum atomic E-state index is -3.45. The fourth-order valence-corrected chi connectivity index (χ4v) is 3.49. The maximum atomic E-state index is 12.0. The molecule has 0 amide bonds. The number of hydrogen-bond donors (Lipinski definition) is 2. The van der Waals surface area contributed by atoms with Gasteiger partial charge in [-0.25, -0.2) is 13.1 Å². The lowest BCUT2D eigenvalue weighted by molar-refractivity contribution is 0.552. The summed E-state index contributed by atoms with van der Waals surface area (Å²) in [6.07, 6.45) is 4.03. The van der Waals surface area contributed by atoms with Crippen molar-refractivity contribution in [3.63, 3.8) is 0 Å². The summed E-state index contributed by atoms with van der Waals surface area (Å²) in [5, 5.41) is 0. The maximum absolute atomic E-state index is 12.0. The van der Waals surface area contributed by atoms with E-state index in [2.05, 4.69) is 4.72 Å². The molecule has 0 aliphatic heterocycles. The Balaban J connectivity index is 2.21. The van der Waals surface area contributed by atoms with Crippen LogP contribution in [0.3, 0.4) is 0 Å². The molecule has 0 spiro atoms. The molecule has 1 aliphatic rings. The average molecular weight is 240 g/mol. The lowest BCUT2D eigenvalue weighted by Gasteiger charge is -2.13. The van der Waals surface area contributed by atoms with E-state index in [0.717, 1.165) is 25.7 Å². The highest BCUT2D eigenvalue weighted by atomic mass is 32.2. The number of nitrogens with two attached hydrogens (primary N) is 1. The van der Waals surface area contributed by atoms with E-state index >= 15 is 0 Å². The van der Waals surface area contributed by atoms with E-state index < -0.39 is 10.0 Å². The first kappa shape index (κ1) is 11.4. The molecule has 1 saturated carbocycles. The van der Waals surface area contributed by atoms with Gasteiger partial charge in [-0.1, -0.05) is 25.0 Å². The first-order valence-electron chi connectivity index (χ1n) is 5.46. The number of benzene rings is 1. The van der Waals surface area contributed by atoms with Crippen molar-refractivity contribution in [1.29, 1.82) is 0 Å². The van der Waals surface area contributed by atoms with Gasteiger partial charge in [0.2, 0.25) is 10.0 Å². The largest absolute Gasteiger partial charge is 0.398 e. The fraction of sp³-hybridized carbons (Fsp3) is 0.455. The smallest absolute Gasteiger partial charge is 0.242 e. The Morgan fingerprint density at radius 1 is 1.19 bits per heavy atom. The van der Waals surface area contributed by atoms with Gasteiger partial charge in [0.05, 0.1) is 5.69 Å². The van der Waals surface area contributed by atoms with Crippen LogP contribution in [0.25, 0.3) is 0 Å². The number of rotatable bonds is 3. The van der Waals surface area contributed by atoms with Gasteiger partial charge in [-0.05, 0) is 25.0 Å². The Morgan fingerprint density at radius 2 is 1.81 bits per heavy atom. The Hall–Kier alpha value is -1.07. The van der Waals surface area contributed by atoms with Crippen LogP contribution in [0.1, 0.15) is 25.7 Å². The highest BCUT2D eigenvalue weighted by molar-refractivity contribution is 7.89. The lowest BCUT2D eigenvalue weighted by atomic mass is 10.3. The predicted molar refractivity (Wildman–Crippen MR) is 63.4 cm³/mol. The Labute approximate surface area is 95.9 Å². The summed E-state index contributed by atoms with van der Waals surface area (Å²) < 4.78 is 26.7. The van der Waals surface area contributed by atoms with Gasteiger partial charge < -0.3 is 5.73 Å². The van der Waals surface area contributed by atoms with Crippen molar-refractivity contribution < 1.29 is 8.42 Å². The van der Waals surface area contributed by atoms with Crippen molar-refractivity contribution in [3.8, 4) is 0 Å². The molecule has 1 aromatic carbocycles. The van der Waals surface area contributed by atoms with E-state index in [4.69, 9.17) is 5.73 Å². The van der Waals surface area contributed by atoms with E-state index in [-0.39, 0.29) is 10.9 Å². The molecule has 4 nitrogen and oxygen atoms in total. The summed E-state index contributed by atoms with van der Waals surface area (Å²) in [7, 11) is -3.45. The van der Waals surface area contributed by atoms with Crippen molar-refractivity contribution in [2.75, 3.05) is 5.73 Å². The molecule has 16 heavy (non-hydrogen) atoms. The molecule has 0 saturated heterocycles. The predicted octanol–water partition coefficient (Wildman–Crippen LogP) is 1.49. The number of hydrogen-bond acceptors (Lipinski definition) is 3. The summed E-state index contributed by atoms with van der Waals surface area (Å²) in [6.45, 7) is 0. The van der Waals surface area contributed by atoms with Crippen LogP contribution < -0.4 is 10.5 Å². The quantitative estimate of drug-likeness (QED) is 0.786. The normalized spacial score (nSPS) is 17.8. The third-order valence-corrected chi connectivity index (χ3v) is 4.48. The van der Waals surface area contributed by atoms with Crippen LogP contribution >= 0.6 is 0 Å². The summed E-state index contributed by atoms with van der Waals surface area (Å²) in [5.74, 6) is 0. The molecule has 3 N–H and O–H groups in total. The molecule has 0 heterocycles. The van der Waals surface area contributed by atoms with E-state index in [1.165, 1.54) is 6.07 Å². The molecule has 0 unspecified atom stereocenters. The van der Waals surface area contributed by atoms with Gasteiger partial charge in [0.1, 0.15) is 4.90 Å². The van der Waals surface area contributed by atoms with E-state index in [9.17, 15) is 8.42 Å². The van der Waals surface area contributed by atoms with Gasteiger partial charge in [0.15, 0.2) is 0 Å². The van der Waals surface area contributed by atoms with Crippen LogP contribution in [-0.2, 0) is 10.0 Å². The van der Waals surface area contributed by atoms with Crippen LogP contribution in [0.15, 0.2) is 29.2 Å². The van der Waals surface area contributed by atoms with Gasteiger partial charge in [-0.15, -0.1) is 0 Å². The first-order valence-corrected chi connectivity index (χ1v) is 6.95. The second kappa shape index (κ2) is 4.43. The fourth-order valence-electron chi connectivity index (χ4n) is 2.05. The van der Waals surface area contributed by atoms with Crippen LogP contribution in [0.4, 0.5) is 5.69 Å². The topological polar surface area (TPSA) is 72.2 Å². The molecule has 0 aromatic heterocycles. The zero-order valence-corrected chi connectivity index (χ0v) is 9.83. The third-order valence-electron chi connectivity index (χ3n) is 2.89. The molecular formula is C11H16N2O2S. The molecule has 1 aromatic rings. The highest BCUT2D eigenvalue weighted by Crippen LogP contribution is 2.22. The Kier molecular flexibility index (Phi) is 3.16. The number of nitrogen functional groups attached to an aromatic ring is 1. The van der Waals surface area contributed by atoms with Crippen molar-refractivity contribution in [2.24, 2.45) is 0 Å². The van der Waals surface area contributed by atoms with Gasteiger partial charge >= 0.3 is 0 Å². The van der Waals surface area contributed by atoms with E-state index in [1.807, 2.05) is 0 Å². The molecule has 88 valence electrons. The standard InChI is InChI=1S/C11H16N2O2S/c12-10-7-3-4-8-11(10)16(14,15)13-9-5-1-2-6-9/h3-4,7-9,13H,1-2,5-6,12H2. The first-order chi connectivity index (χ1) is 7.59. The summed E-state index contributed by atoms with van der Waals surface area (Å²) in [5.41, 5.74) is 5.96. The Bertz CT molecular complexity index is 465. The van der Waals surface area contributed by atoms with Crippen molar-refractivity contribution in [1.82, 2.24) is 4.72 Å². The van der Waals surface area contributed by atoms with Crippen LogP contribution in [-0.4, -0.2) is 14.5 Å². The van der Waals surface area contributed by atoms with Gasteiger partial charge in [-0.3, -0.25) is 0 Å². The van der Waals surface area contributed by atoms with Crippen molar-refractivity contribution >= 4 is 15.7 Å². The zero-order chi connectivity index (χ0) is 11.6. The summed E-state index contributed by atoms with van der Waals surface area (Å²) >= 11 is 0. The average Bonchev–Trinajstić information content (AvgIpc) is 2.70. The minimum Gasteiger partial charge on any atom is -0.398 e. The van der Waals surface area contributed by atoms with Gasteiger partial charge in [-0.2, -0.15) is 0 Å². The van der Waals surface area contributed by atoms with Gasteiger partial charge in [0, 0.05) is 6.04 Å². The van der Waals surface area contributed by atoms with E-state index in [1.54, 1.807) is 18.2 Å². The molecule has 5 heteroatoms. The third kappa shape index (κ3) is 2.36. The Morgan fingerprint density at radius 3 is 2.44 bits per heavy atom. The second-order valence-electron chi connectivity index (χ2n) is 4.14. The summed E-state index contributed by atoms with van der Waals surface area (Å²) in [6, 6.07) is 6.61. The number of nitrogens with one attached hydrogen (secondary N) is 1. The van der Waals surface area contributed by atoms with Crippen molar-refractivity contribution in [2.45, 2.75) is 36.6 Å². The highest BCUT2D eigenvalue weighted by Gasteiger charge is 2.23. The lowest BCUT2D eigenvalue weighted by Crippen LogP contribution is -2.33. The molecule has 0 radical (unpaired) electrons. The van der Waals surface area contributed by atoms with Crippen LogP contribution in [0.5, 0.6) is 0 Å². The molecule has 1 aliphatic carbocycles. The maximum Gasteiger partial charge on any atom is 0.242 e.